The number of carbonyl (C=O) groups is 4. The van der Waals surface area contributed by atoms with Crippen molar-refractivity contribution in [1.29, 1.82) is 0 Å². The maximum Gasteiger partial charge on any atom is 0.306 e. The van der Waals surface area contributed by atoms with Gasteiger partial charge in [-0.3, -0.25) is 19.2 Å². The molecule has 6 atom stereocenters. The number of esters is 1. The normalized spacial score (nSPS) is 26.2. The number of fused-ring (bicyclic) bond motifs is 1. The second kappa shape index (κ2) is 14.3. The molecule has 0 saturated carbocycles. The SMILES string of the molecule is C=CCCC(=O)OC[C@@H](NC(=O)[C@@H]1[C@@H]2CC[C@]3(O2)[C@H](C(=O)N(CC=C)C(C)C)N(CCCCO)C(=O)[C@@H]13)c1ccccc1. The first-order valence-electron chi connectivity index (χ1n) is 15.3. The number of likely N-dealkylation sites (tertiary alicyclic amines) is 1. The Labute approximate surface area is 254 Å². The number of unbranched alkanes of at least 4 members (excludes halogenated alkanes) is 1. The van der Waals surface area contributed by atoms with Crippen LogP contribution in [0.2, 0.25) is 0 Å². The number of amides is 3. The van der Waals surface area contributed by atoms with Crippen LogP contribution in [-0.4, -0.2) is 88.7 Å². The smallest absolute Gasteiger partial charge is 0.306 e. The Hall–Kier alpha value is -3.50. The van der Waals surface area contributed by atoms with E-state index in [0.29, 0.717) is 38.6 Å². The molecule has 3 saturated heterocycles. The summed E-state index contributed by atoms with van der Waals surface area (Å²) in [5, 5.41) is 12.4. The number of aliphatic hydroxyl groups excluding tert-OH is 1. The zero-order chi connectivity index (χ0) is 31.1. The van der Waals surface area contributed by atoms with Crippen molar-refractivity contribution in [2.24, 2.45) is 11.8 Å². The fraction of sp³-hybridized carbons (Fsp3) is 0.576. The molecule has 0 unspecified atom stereocenters. The van der Waals surface area contributed by atoms with Gasteiger partial charge in [-0.1, -0.05) is 42.5 Å². The van der Waals surface area contributed by atoms with Gasteiger partial charge in [0.05, 0.1) is 24.0 Å². The molecule has 3 aliphatic rings. The van der Waals surface area contributed by atoms with Gasteiger partial charge in [-0.2, -0.15) is 0 Å². The highest BCUT2D eigenvalue weighted by molar-refractivity contribution is 5.99. The van der Waals surface area contributed by atoms with Gasteiger partial charge in [0.1, 0.15) is 18.2 Å². The van der Waals surface area contributed by atoms with Crippen LogP contribution in [0, 0.1) is 11.8 Å². The molecular weight excluding hydrogens is 550 g/mol. The van der Waals surface area contributed by atoms with Crippen molar-refractivity contribution in [2.45, 2.75) is 82.2 Å². The third-order valence-corrected chi connectivity index (χ3v) is 8.86. The number of ether oxygens (including phenoxy) is 2. The van der Waals surface area contributed by atoms with E-state index in [0.717, 1.165) is 5.56 Å². The Morgan fingerprint density at radius 1 is 1.21 bits per heavy atom. The molecule has 1 aromatic rings. The van der Waals surface area contributed by atoms with Gasteiger partial charge in [-0.25, -0.2) is 0 Å². The van der Waals surface area contributed by atoms with E-state index in [2.05, 4.69) is 18.5 Å². The lowest BCUT2D eigenvalue weighted by Gasteiger charge is -2.38. The van der Waals surface area contributed by atoms with Crippen molar-refractivity contribution < 1.29 is 33.8 Å². The Balaban J connectivity index is 1.62. The van der Waals surface area contributed by atoms with Crippen LogP contribution in [0.5, 0.6) is 0 Å². The minimum absolute atomic E-state index is 0.0214. The lowest BCUT2D eigenvalue weighted by molar-refractivity contribution is -0.149. The molecule has 3 amide bonds. The Bertz CT molecular complexity index is 1190. The molecule has 3 aliphatic heterocycles. The maximum absolute atomic E-state index is 14.2. The molecule has 3 heterocycles. The van der Waals surface area contributed by atoms with Gasteiger partial charge < -0.3 is 29.7 Å². The fourth-order valence-electron chi connectivity index (χ4n) is 6.86. The summed E-state index contributed by atoms with van der Waals surface area (Å²) >= 11 is 0. The highest BCUT2D eigenvalue weighted by atomic mass is 16.5. The number of hydrogen-bond acceptors (Lipinski definition) is 7. The van der Waals surface area contributed by atoms with Gasteiger partial charge in [0.2, 0.25) is 17.7 Å². The highest BCUT2D eigenvalue weighted by Crippen LogP contribution is 2.58. The van der Waals surface area contributed by atoms with Crippen LogP contribution < -0.4 is 5.32 Å². The summed E-state index contributed by atoms with van der Waals surface area (Å²) < 4.78 is 12.1. The molecule has 43 heavy (non-hydrogen) atoms. The van der Waals surface area contributed by atoms with Gasteiger partial charge in [-0.15, -0.1) is 13.2 Å². The number of aliphatic hydroxyl groups is 1. The summed E-state index contributed by atoms with van der Waals surface area (Å²) in [5.41, 5.74) is -0.354. The molecule has 10 heteroatoms. The zero-order valence-electron chi connectivity index (χ0n) is 25.3. The molecule has 4 rings (SSSR count). The summed E-state index contributed by atoms with van der Waals surface area (Å²) in [6, 6.07) is 7.61. The topological polar surface area (TPSA) is 125 Å². The van der Waals surface area contributed by atoms with Gasteiger partial charge in [0.15, 0.2) is 0 Å². The summed E-state index contributed by atoms with van der Waals surface area (Å²) in [4.78, 5) is 57.9. The van der Waals surface area contributed by atoms with Crippen molar-refractivity contribution >= 4 is 23.7 Å². The van der Waals surface area contributed by atoms with Gasteiger partial charge >= 0.3 is 5.97 Å². The van der Waals surface area contributed by atoms with Crippen LogP contribution in [0.1, 0.15) is 64.0 Å². The van der Waals surface area contributed by atoms with E-state index in [1.54, 1.807) is 22.0 Å². The minimum atomic E-state index is -1.12. The van der Waals surface area contributed by atoms with Crippen LogP contribution >= 0.6 is 0 Å². The number of nitrogens with zero attached hydrogens (tertiary/aromatic N) is 2. The predicted octanol–water partition coefficient (Wildman–Crippen LogP) is 2.92. The van der Waals surface area contributed by atoms with Gasteiger partial charge in [0, 0.05) is 32.2 Å². The molecule has 2 bridgehead atoms. The number of carbonyl (C=O) groups excluding carboxylic acids is 4. The van der Waals surface area contributed by atoms with Crippen LogP contribution in [0.4, 0.5) is 0 Å². The second-order valence-electron chi connectivity index (χ2n) is 11.9. The molecule has 234 valence electrons. The average molecular weight is 596 g/mol. The number of nitrogens with one attached hydrogen (secondary N) is 1. The van der Waals surface area contributed by atoms with E-state index in [-0.39, 0.29) is 49.9 Å². The second-order valence-corrected chi connectivity index (χ2v) is 11.9. The molecule has 1 aromatic carbocycles. The first-order chi connectivity index (χ1) is 20.7. The van der Waals surface area contributed by atoms with E-state index in [1.807, 2.05) is 44.2 Å². The minimum Gasteiger partial charge on any atom is -0.463 e. The Kier molecular flexibility index (Phi) is 10.8. The van der Waals surface area contributed by atoms with Crippen molar-refractivity contribution in [1.82, 2.24) is 15.1 Å². The van der Waals surface area contributed by atoms with Gasteiger partial charge in [0.25, 0.3) is 0 Å². The summed E-state index contributed by atoms with van der Waals surface area (Å²) in [6.45, 7) is 11.8. The zero-order valence-corrected chi connectivity index (χ0v) is 25.3. The van der Waals surface area contributed by atoms with E-state index in [1.165, 1.54) is 0 Å². The van der Waals surface area contributed by atoms with Crippen LogP contribution in [0.15, 0.2) is 55.6 Å². The van der Waals surface area contributed by atoms with E-state index >= 15 is 0 Å². The monoisotopic (exact) mass is 595 g/mol. The third kappa shape index (κ3) is 6.55. The number of hydrogen-bond donors (Lipinski definition) is 2. The van der Waals surface area contributed by atoms with Crippen molar-refractivity contribution in [3.63, 3.8) is 0 Å². The molecule has 2 N–H and O–H groups in total. The largest absolute Gasteiger partial charge is 0.463 e. The van der Waals surface area contributed by atoms with Crippen LogP contribution in [0.3, 0.4) is 0 Å². The predicted molar refractivity (Wildman–Crippen MR) is 160 cm³/mol. The van der Waals surface area contributed by atoms with Crippen molar-refractivity contribution in [3.8, 4) is 0 Å². The van der Waals surface area contributed by atoms with E-state index < -0.39 is 41.6 Å². The van der Waals surface area contributed by atoms with Gasteiger partial charge in [-0.05, 0) is 51.5 Å². The molecule has 3 fully saturated rings. The Morgan fingerprint density at radius 3 is 2.60 bits per heavy atom. The number of rotatable bonds is 16. The number of allylic oxidation sites excluding steroid dienone is 1. The summed E-state index contributed by atoms with van der Waals surface area (Å²) in [6.07, 6.45) is 5.52. The lowest BCUT2D eigenvalue weighted by atomic mass is 9.70. The van der Waals surface area contributed by atoms with Crippen molar-refractivity contribution in [2.75, 3.05) is 26.3 Å². The summed E-state index contributed by atoms with van der Waals surface area (Å²) in [7, 11) is 0. The third-order valence-electron chi connectivity index (χ3n) is 8.86. The van der Waals surface area contributed by atoms with E-state index in [4.69, 9.17) is 9.47 Å². The molecule has 10 nitrogen and oxygen atoms in total. The molecule has 0 aromatic heterocycles. The van der Waals surface area contributed by atoms with Crippen LogP contribution in [0.25, 0.3) is 0 Å². The molecule has 0 aliphatic carbocycles. The highest BCUT2D eigenvalue weighted by Gasteiger charge is 2.74. The van der Waals surface area contributed by atoms with E-state index in [9.17, 15) is 24.3 Å². The first-order valence-corrected chi connectivity index (χ1v) is 15.3. The number of benzene rings is 1. The Morgan fingerprint density at radius 2 is 1.95 bits per heavy atom. The molecule has 0 radical (unpaired) electrons. The maximum atomic E-state index is 14.2. The molecular formula is C33H45N3O7. The molecule has 1 spiro atoms. The first kappa shape index (κ1) is 32.4. The van der Waals surface area contributed by atoms with Crippen molar-refractivity contribution in [3.05, 3.63) is 61.2 Å². The quantitative estimate of drug-likeness (QED) is 0.171. The average Bonchev–Trinajstić information content (AvgIpc) is 3.64. The fourth-order valence-corrected chi connectivity index (χ4v) is 6.86. The lowest BCUT2D eigenvalue weighted by Crippen LogP contribution is -2.57. The van der Waals surface area contributed by atoms with Crippen LogP contribution in [-0.2, 0) is 28.7 Å². The standard InChI is InChI=1S/C33H45N3O7/c1-5-7-15-26(38)42-21-24(23-13-9-8-10-14-23)34-30(39)27-25-16-17-33(43-25)28(27)31(40)36(19-11-12-20-37)29(33)32(41)35(18-6-2)22(3)4/h5-6,8-10,13-14,22,24-25,27-29,37H,1-2,7,11-12,15-21H2,3-4H3,(H,34,39)/t24-,25+,27-,28-,29+,33-/m1/s1. The summed E-state index contributed by atoms with van der Waals surface area (Å²) in [5.74, 6) is -2.86.